The van der Waals surface area contributed by atoms with Crippen molar-refractivity contribution < 1.29 is 19.1 Å². The van der Waals surface area contributed by atoms with Crippen LogP contribution in [0.25, 0.3) is 0 Å². The van der Waals surface area contributed by atoms with Crippen LogP contribution in [0.15, 0.2) is 0 Å². The minimum Gasteiger partial charge on any atom is -0.393 e. The lowest BCUT2D eigenvalue weighted by atomic mass is 9.44. The van der Waals surface area contributed by atoms with Crippen LogP contribution in [0, 0.1) is 46.3 Å². The number of hydrogen-bond donors (Lipinski definition) is 0. The average Bonchev–Trinajstić information content (AvgIpc) is 3.20. The average molecular weight is 421 g/mol. The number of rotatable bonds is 2. The van der Waals surface area contributed by atoms with Crippen LogP contribution in [0.4, 0.5) is 0 Å². The first-order chi connectivity index (χ1) is 13.8. The highest BCUT2D eigenvalue weighted by atomic mass is 35.5. The van der Waals surface area contributed by atoms with Crippen molar-refractivity contribution in [3.05, 3.63) is 0 Å². The highest BCUT2D eigenvalue weighted by Gasteiger charge is 2.63. The van der Waals surface area contributed by atoms with Gasteiger partial charge in [-0.3, -0.25) is 14.4 Å². The van der Waals surface area contributed by atoms with E-state index in [0.717, 1.165) is 38.0 Å². The fraction of sp³-hybridized carbons (Fsp3) is 0.875. The van der Waals surface area contributed by atoms with Crippen LogP contribution in [-0.4, -0.2) is 23.1 Å². The van der Waals surface area contributed by atoms with E-state index in [1.807, 2.05) is 0 Å². The molecule has 4 nitrogen and oxygen atoms in total. The van der Waals surface area contributed by atoms with Crippen molar-refractivity contribution in [1.29, 1.82) is 0 Å². The minimum absolute atomic E-state index is 0.0305. The molecule has 0 aromatic carbocycles. The molecule has 5 rings (SSSR count). The number of alkyl halides is 1. The van der Waals surface area contributed by atoms with Gasteiger partial charge in [-0.2, -0.15) is 0 Å². The maximum atomic E-state index is 13.3. The molecule has 0 aromatic heterocycles. The summed E-state index contributed by atoms with van der Waals surface area (Å²) in [6.45, 7) is 4.75. The van der Waals surface area contributed by atoms with E-state index in [2.05, 4.69) is 18.6 Å². The highest BCUT2D eigenvalue weighted by Crippen LogP contribution is 2.68. The number of halogens is 1. The maximum Gasteiger partial charge on any atom is 0.324 e. The van der Waals surface area contributed by atoms with Gasteiger partial charge in [-0.05, 0) is 85.9 Å². The van der Waals surface area contributed by atoms with E-state index in [4.69, 9.17) is 11.6 Å². The van der Waals surface area contributed by atoms with E-state index in [1.165, 1.54) is 25.7 Å². The fourth-order valence-corrected chi connectivity index (χ4v) is 9.16. The van der Waals surface area contributed by atoms with Crippen molar-refractivity contribution in [3.8, 4) is 0 Å². The van der Waals surface area contributed by atoms with Gasteiger partial charge in [-0.25, -0.2) is 0 Å². The van der Waals surface area contributed by atoms with Crippen molar-refractivity contribution in [2.45, 2.75) is 83.4 Å². The molecule has 1 aliphatic heterocycles. The van der Waals surface area contributed by atoms with Crippen LogP contribution in [0.1, 0.15) is 78.1 Å². The number of esters is 2. The molecule has 0 aromatic rings. The van der Waals surface area contributed by atoms with E-state index in [-0.39, 0.29) is 34.3 Å². The first kappa shape index (κ1) is 20.0. The van der Waals surface area contributed by atoms with E-state index < -0.39 is 17.9 Å². The van der Waals surface area contributed by atoms with Gasteiger partial charge in [0.1, 0.15) is 5.92 Å². The van der Waals surface area contributed by atoms with Crippen LogP contribution in [0.2, 0.25) is 0 Å². The molecule has 1 saturated heterocycles. The summed E-state index contributed by atoms with van der Waals surface area (Å²) in [5, 5.41) is 0.275. The topological polar surface area (TPSA) is 60.4 Å². The molecule has 160 valence electrons. The molecule has 29 heavy (non-hydrogen) atoms. The molecular weight excluding hydrogens is 388 g/mol. The van der Waals surface area contributed by atoms with Gasteiger partial charge >= 0.3 is 11.9 Å². The number of cyclic esters (lactones) is 2. The van der Waals surface area contributed by atoms with Crippen molar-refractivity contribution in [2.75, 3.05) is 0 Å². The summed E-state index contributed by atoms with van der Waals surface area (Å²) in [5.41, 5.74) is 0.178. The Labute approximate surface area is 178 Å². The fourth-order valence-electron chi connectivity index (χ4n) is 8.67. The SMILES string of the molecule is C[C@]12CC[C@H]3[C@@H](CC[C@@H]4CCCC(Cl)[C@@]43C)[C@@H]1CC[C@@H]2C(=O)C1CC(=O)OC1=O. The van der Waals surface area contributed by atoms with Gasteiger partial charge in [0.2, 0.25) is 0 Å². The van der Waals surface area contributed by atoms with Crippen LogP contribution in [-0.2, 0) is 19.1 Å². The van der Waals surface area contributed by atoms with Gasteiger partial charge in [0, 0.05) is 11.3 Å². The monoisotopic (exact) mass is 420 g/mol. The predicted molar refractivity (Wildman–Crippen MR) is 109 cm³/mol. The van der Waals surface area contributed by atoms with Gasteiger partial charge in [0.05, 0.1) is 6.42 Å². The lowest BCUT2D eigenvalue weighted by Gasteiger charge is -2.61. The van der Waals surface area contributed by atoms with Crippen LogP contribution in [0.3, 0.4) is 0 Å². The third kappa shape index (κ3) is 2.73. The third-order valence-electron chi connectivity index (χ3n) is 10.2. The molecule has 0 radical (unpaired) electrons. The molecule has 0 spiro atoms. The predicted octanol–water partition coefficient (Wildman–Crippen LogP) is 4.91. The minimum atomic E-state index is -0.861. The second-order valence-corrected chi connectivity index (χ2v) is 11.6. The Bertz CT molecular complexity index is 749. The number of ether oxygens (including phenoxy) is 1. The summed E-state index contributed by atoms with van der Waals surface area (Å²) in [5.74, 6) is 0.416. The largest absolute Gasteiger partial charge is 0.393 e. The zero-order chi connectivity index (χ0) is 20.6. The van der Waals surface area contributed by atoms with Gasteiger partial charge < -0.3 is 4.74 Å². The van der Waals surface area contributed by atoms with E-state index in [9.17, 15) is 14.4 Å². The standard InChI is InChI=1S/C24H33ClO4/c1-23-11-10-17-14(7-6-13-4-3-5-19(25)24(13,17)2)16(23)8-9-18(23)21(27)15-12-20(26)29-22(15)28/h13-19H,3-12H2,1-2H3/t13-,14-,15?,16-,17-,18+,19?,23-,24-/m0/s1. The summed E-state index contributed by atoms with van der Waals surface area (Å²) >= 11 is 6.99. The van der Waals surface area contributed by atoms with Crippen molar-refractivity contribution >= 4 is 29.3 Å². The number of carbonyl (C=O) groups excluding carboxylic acids is 3. The second-order valence-electron chi connectivity index (χ2n) is 11.0. The van der Waals surface area contributed by atoms with Crippen molar-refractivity contribution in [3.63, 3.8) is 0 Å². The van der Waals surface area contributed by atoms with Gasteiger partial charge in [-0.1, -0.05) is 20.3 Å². The molecule has 9 atom stereocenters. The molecule has 0 N–H and O–H groups in total. The molecule has 0 amide bonds. The molecule has 5 fully saturated rings. The smallest absolute Gasteiger partial charge is 0.324 e. The summed E-state index contributed by atoms with van der Waals surface area (Å²) < 4.78 is 4.68. The first-order valence-electron chi connectivity index (χ1n) is 11.7. The number of Topliss-reactive ketones (excluding diaryl/α,β-unsaturated/α-hetero) is 1. The Hall–Kier alpha value is -0.900. The normalized spacial score (nSPS) is 51.8. The molecule has 4 aliphatic carbocycles. The molecule has 0 bridgehead atoms. The number of hydrogen-bond acceptors (Lipinski definition) is 4. The number of fused-ring (bicyclic) bond motifs is 5. The van der Waals surface area contributed by atoms with Gasteiger partial charge in [0.15, 0.2) is 5.78 Å². The zero-order valence-electron chi connectivity index (χ0n) is 17.6. The highest BCUT2D eigenvalue weighted by molar-refractivity contribution is 6.21. The second kappa shape index (κ2) is 6.80. The quantitative estimate of drug-likeness (QED) is 0.361. The Morgan fingerprint density at radius 1 is 1.00 bits per heavy atom. The lowest BCUT2D eigenvalue weighted by molar-refractivity contribution is -0.154. The summed E-state index contributed by atoms with van der Waals surface area (Å²) in [6, 6.07) is 0. The van der Waals surface area contributed by atoms with Crippen LogP contribution < -0.4 is 0 Å². The first-order valence-corrected chi connectivity index (χ1v) is 12.1. The molecule has 1 heterocycles. The van der Waals surface area contributed by atoms with Crippen LogP contribution >= 0.6 is 11.6 Å². The summed E-state index contributed by atoms with van der Waals surface area (Å²) in [4.78, 5) is 36.9. The molecular formula is C24H33ClO4. The Kier molecular flexibility index (Phi) is 4.70. The van der Waals surface area contributed by atoms with Crippen molar-refractivity contribution in [1.82, 2.24) is 0 Å². The summed E-state index contributed by atoms with van der Waals surface area (Å²) in [7, 11) is 0. The van der Waals surface area contributed by atoms with E-state index in [0.29, 0.717) is 17.8 Å². The van der Waals surface area contributed by atoms with Gasteiger partial charge in [0.25, 0.3) is 0 Å². The van der Waals surface area contributed by atoms with Crippen LogP contribution in [0.5, 0.6) is 0 Å². The molecule has 5 aliphatic rings. The summed E-state index contributed by atoms with van der Waals surface area (Å²) in [6.07, 6.45) is 10.3. The zero-order valence-corrected chi connectivity index (χ0v) is 18.4. The molecule has 4 saturated carbocycles. The van der Waals surface area contributed by atoms with E-state index >= 15 is 0 Å². The van der Waals surface area contributed by atoms with E-state index in [1.54, 1.807) is 0 Å². The maximum absolute atomic E-state index is 13.3. The Balaban J connectivity index is 1.40. The number of ketones is 1. The third-order valence-corrected chi connectivity index (χ3v) is 10.9. The number of carbonyl (C=O) groups is 3. The lowest BCUT2D eigenvalue weighted by Crippen LogP contribution is -2.56. The van der Waals surface area contributed by atoms with Gasteiger partial charge in [-0.15, -0.1) is 11.6 Å². The Morgan fingerprint density at radius 3 is 2.52 bits per heavy atom. The van der Waals surface area contributed by atoms with Crippen molar-refractivity contribution in [2.24, 2.45) is 46.3 Å². The molecule has 2 unspecified atom stereocenters. The Morgan fingerprint density at radius 2 is 1.79 bits per heavy atom. The molecule has 5 heteroatoms.